The van der Waals surface area contributed by atoms with Gasteiger partial charge in [-0.2, -0.15) is 0 Å². The Hall–Kier alpha value is -1.46. The Morgan fingerprint density at radius 2 is 2.21 bits per heavy atom. The van der Waals surface area contributed by atoms with Crippen LogP contribution in [0.15, 0.2) is 46.7 Å². The van der Waals surface area contributed by atoms with Crippen LogP contribution in [0.2, 0.25) is 0 Å². The van der Waals surface area contributed by atoms with Crippen molar-refractivity contribution in [1.29, 1.82) is 0 Å². The van der Waals surface area contributed by atoms with Crippen molar-refractivity contribution >= 4 is 11.8 Å². The van der Waals surface area contributed by atoms with Crippen LogP contribution in [-0.4, -0.2) is 16.0 Å². The van der Waals surface area contributed by atoms with Gasteiger partial charge in [0, 0.05) is 17.1 Å². The summed E-state index contributed by atoms with van der Waals surface area (Å²) in [6.07, 6.45) is 4.68. The number of benzene rings is 1. The molecule has 100 valence electrons. The molecular formula is C14H16FN3S. The summed E-state index contributed by atoms with van der Waals surface area (Å²) >= 11 is 1.29. The van der Waals surface area contributed by atoms with Gasteiger partial charge < -0.3 is 5.73 Å². The Balaban J connectivity index is 2.11. The lowest BCUT2D eigenvalue weighted by Crippen LogP contribution is -2.21. The molecule has 0 saturated heterocycles. The normalized spacial score (nSPS) is 12.4. The van der Waals surface area contributed by atoms with Crippen LogP contribution in [0.3, 0.4) is 0 Å². The zero-order valence-electron chi connectivity index (χ0n) is 10.7. The monoisotopic (exact) mass is 277 g/mol. The van der Waals surface area contributed by atoms with E-state index in [1.54, 1.807) is 24.4 Å². The first-order valence-electron chi connectivity index (χ1n) is 6.17. The molecule has 0 aliphatic heterocycles. The second-order valence-electron chi connectivity index (χ2n) is 4.29. The number of nitrogens with two attached hydrogens (primary N) is 1. The van der Waals surface area contributed by atoms with Crippen LogP contribution in [0.1, 0.15) is 18.9 Å². The Kier molecular flexibility index (Phi) is 4.87. The molecule has 2 rings (SSSR count). The smallest absolute Gasteiger partial charge is 0.137 e. The second kappa shape index (κ2) is 6.63. The Labute approximate surface area is 116 Å². The van der Waals surface area contributed by atoms with E-state index in [1.165, 1.54) is 18.1 Å². The molecule has 0 aliphatic rings. The van der Waals surface area contributed by atoms with E-state index in [0.29, 0.717) is 11.3 Å². The van der Waals surface area contributed by atoms with Crippen LogP contribution in [0.25, 0.3) is 0 Å². The summed E-state index contributed by atoms with van der Waals surface area (Å²) in [6, 6.07) is 7.09. The van der Waals surface area contributed by atoms with E-state index in [9.17, 15) is 4.39 Å². The van der Waals surface area contributed by atoms with E-state index in [2.05, 4.69) is 9.97 Å². The zero-order valence-corrected chi connectivity index (χ0v) is 11.5. The number of halogens is 1. The van der Waals surface area contributed by atoms with Crippen molar-refractivity contribution in [3.05, 3.63) is 48.2 Å². The van der Waals surface area contributed by atoms with Crippen molar-refractivity contribution in [2.45, 2.75) is 35.7 Å². The molecule has 19 heavy (non-hydrogen) atoms. The fraction of sp³-hybridized carbons (Fsp3) is 0.286. The largest absolute Gasteiger partial charge is 0.327 e. The highest BCUT2D eigenvalue weighted by Crippen LogP contribution is 2.28. The number of hydrogen-bond acceptors (Lipinski definition) is 4. The van der Waals surface area contributed by atoms with Gasteiger partial charge in [0.05, 0.1) is 0 Å². The van der Waals surface area contributed by atoms with Gasteiger partial charge in [0.25, 0.3) is 0 Å². The van der Waals surface area contributed by atoms with Crippen LogP contribution in [-0.2, 0) is 6.42 Å². The summed E-state index contributed by atoms with van der Waals surface area (Å²) in [5.74, 6) is -0.232. The van der Waals surface area contributed by atoms with Crippen LogP contribution in [0.4, 0.5) is 4.39 Å². The first-order valence-corrected chi connectivity index (χ1v) is 6.98. The maximum absolute atomic E-state index is 14.0. The maximum atomic E-state index is 14.0. The molecule has 1 heterocycles. The van der Waals surface area contributed by atoms with E-state index in [-0.39, 0.29) is 11.9 Å². The van der Waals surface area contributed by atoms with Crippen LogP contribution >= 0.6 is 11.8 Å². The summed E-state index contributed by atoms with van der Waals surface area (Å²) in [5.41, 5.74) is 6.80. The summed E-state index contributed by atoms with van der Waals surface area (Å²) in [6.45, 7) is 2.03. The SMILES string of the molecule is CCC(N)Cc1ccc(Sc2ccncn2)c(F)c1. The topological polar surface area (TPSA) is 51.8 Å². The number of aromatic nitrogens is 2. The Morgan fingerprint density at radius 1 is 1.37 bits per heavy atom. The van der Waals surface area contributed by atoms with Crippen LogP contribution in [0, 0.1) is 5.82 Å². The molecule has 1 aromatic heterocycles. The fourth-order valence-corrected chi connectivity index (χ4v) is 2.40. The molecule has 0 radical (unpaired) electrons. The van der Waals surface area contributed by atoms with E-state index >= 15 is 0 Å². The van der Waals surface area contributed by atoms with Crippen molar-refractivity contribution in [2.75, 3.05) is 0 Å². The molecular weight excluding hydrogens is 261 g/mol. The lowest BCUT2D eigenvalue weighted by molar-refractivity contribution is 0.592. The van der Waals surface area contributed by atoms with Crippen LogP contribution < -0.4 is 5.73 Å². The van der Waals surface area contributed by atoms with E-state index in [4.69, 9.17) is 5.73 Å². The summed E-state index contributed by atoms with van der Waals surface area (Å²) in [4.78, 5) is 8.46. The molecule has 0 amide bonds. The van der Waals surface area contributed by atoms with Gasteiger partial charge in [0.2, 0.25) is 0 Å². The first kappa shape index (κ1) is 14.0. The minimum Gasteiger partial charge on any atom is -0.327 e. The molecule has 0 saturated carbocycles. The third kappa shape index (κ3) is 4.01. The third-order valence-corrected chi connectivity index (χ3v) is 3.79. The van der Waals surface area contributed by atoms with Gasteiger partial charge in [0.15, 0.2) is 0 Å². The van der Waals surface area contributed by atoms with Gasteiger partial charge in [-0.25, -0.2) is 14.4 Å². The standard InChI is InChI=1S/C14H16FN3S/c1-2-11(16)7-10-3-4-13(12(15)8-10)19-14-5-6-17-9-18-14/h3-6,8-9,11H,2,7,16H2,1H3. The zero-order chi connectivity index (χ0) is 13.7. The molecule has 1 aromatic carbocycles. The third-order valence-electron chi connectivity index (χ3n) is 2.79. The molecule has 1 unspecified atom stereocenters. The van der Waals surface area contributed by atoms with Crippen molar-refractivity contribution in [1.82, 2.24) is 9.97 Å². The molecule has 0 aliphatic carbocycles. The number of nitrogens with zero attached hydrogens (tertiary/aromatic N) is 2. The van der Waals surface area contributed by atoms with Gasteiger partial charge in [-0.1, -0.05) is 24.8 Å². The average Bonchev–Trinajstić information content (AvgIpc) is 2.43. The molecule has 0 bridgehead atoms. The molecule has 3 nitrogen and oxygen atoms in total. The Morgan fingerprint density at radius 3 is 2.84 bits per heavy atom. The highest BCUT2D eigenvalue weighted by Gasteiger charge is 2.08. The minimum absolute atomic E-state index is 0.0831. The van der Waals surface area contributed by atoms with Crippen molar-refractivity contribution in [3.8, 4) is 0 Å². The second-order valence-corrected chi connectivity index (χ2v) is 5.35. The summed E-state index contributed by atoms with van der Waals surface area (Å²) < 4.78 is 14.0. The summed E-state index contributed by atoms with van der Waals surface area (Å²) in [5, 5.41) is 0.729. The molecule has 2 aromatic rings. The summed E-state index contributed by atoms with van der Waals surface area (Å²) in [7, 11) is 0. The molecule has 2 N–H and O–H groups in total. The van der Waals surface area contributed by atoms with E-state index in [0.717, 1.165) is 17.0 Å². The first-order chi connectivity index (χ1) is 9.19. The average molecular weight is 277 g/mol. The van der Waals surface area contributed by atoms with Gasteiger partial charge in [-0.3, -0.25) is 0 Å². The molecule has 5 heteroatoms. The predicted octanol–water partition coefficient (Wildman–Crippen LogP) is 3.05. The molecule has 1 atom stereocenters. The van der Waals surface area contributed by atoms with Gasteiger partial charge in [0.1, 0.15) is 17.2 Å². The predicted molar refractivity (Wildman–Crippen MR) is 74.5 cm³/mol. The van der Waals surface area contributed by atoms with Crippen LogP contribution in [0.5, 0.6) is 0 Å². The van der Waals surface area contributed by atoms with Gasteiger partial charge in [-0.05, 0) is 36.6 Å². The van der Waals surface area contributed by atoms with Gasteiger partial charge >= 0.3 is 0 Å². The highest BCUT2D eigenvalue weighted by molar-refractivity contribution is 7.99. The van der Waals surface area contributed by atoms with Crippen molar-refractivity contribution in [3.63, 3.8) is 0 Å². The van der Waals surface area contributed by atoms with E-state index < -0.39 is 0 Å². The fourth-order valence-electron chi connectivity index (χ4n) is 1.65. The molecule has 0 fully saturated rings. The van der Waals surface area contributed by atoms with E-state index in [1.807, 2.05) is 13.0 Å². The lowest BCUT2D eigenvalue weighted by Gasteiger charge is -2.10. The quantitative estimate of drug-likeness (QED) is 0.853. The maximum Gasteiger partial charge on any atom is 0.137 e. The highest BCUT2D eigenvalue weighted by atomic mass is 32.2. The number of hydrogen-bond donors (Lipinski definition) is 1. The van der Waals surface area contributed by atoms with Crippen molar-refractivity contribution in [2.24, 2.45) is 5.73 Å². The van der Waals surface area contributed by atoms with Crippen molar-refractivity contribution < 1.29 is 4.39 Å². The minimum atomic E-state index is -0.232. The lowest BCUT2D eigenvalue weighted by atomic mass is 10.0. The number of rotatable bonds is 5. The Bertz CT molecular complexity index is 533. The molecule has 0 spiro atoms. The van der Waals surface area contributed by atoms with Gasteiger partial charge in [-0.15, -0.1) is 0 Å².